The Balaban J connectivity index is 1.35. The van der Waals surface area contributed by atoms with Crippen molar-refractivity contribution in [1.29, 1.82) is 0 Å². The summed E-state index contributed by atoms with van der Waals surface area (Å²) in [7, 11) is -2.98. The van der Waals surface area contributed by atoms with Crippen molar-refractivity contribution in [1.82, 2.24) is 20.3 Å². The maximum Gasteiger partial charge on any atom is 0.214 e. The summed E-state index contributed by atoms with van der Waals surface area (Å²) in [5.74, 6) is 1.93. The predicted molar refractivity (Wildman–Crippen MR) is 136 cm³/mol. The molecule has 0 aliphatic rings. The van der Waals surface area contributed by atoms with E-state index in [1.165, 1.54) is 12.6 Å². The number of anilines is 2. The molecule has 2 heterocycles. The van der Waals surface area contributed by atoms with Crippen LogP contribution in [0.4, 0.5) is 11.5 Å². The van der Waals surface area contributed by atoms with Crippen LogP contribution in [0.5, 0.6) is 11.6 Å². The smallest absolute Gasteiger partial charge is 0.214 e. The highest BCUT2D eigenvalue weighted by Crippen LogP contribution is 2.26. The molecule has 9 nitrogen and oxygen atoms in total. The number of ether oxygens (including phenoxy) is 2. The standard InChI is InChI=1S/C25H27N5O4S/c1-35(31,32)14-12-26-11-13-33-24-15-22-23(16-27-24)28-18-29-25(22)30-20-7-9-21(10-8-20)34-17-19-5-3-2-4-6-19/h2-10,15-16,18,26H,11-14,17H2,1H3,(H,28,29,30). The highest BCUT2D eigenvalue weighted by Gasteiger charge is 2.08. The molecule has 0 saturated carbocycles. The van der Waals surface area contributed by atoms with Gasteiger partial charge in [-0.2, -0.15) is 0 Å². The number of hydrogen-bond acceptors (Lipinski definition) is 9. The molecule has 2 aromatic carbocycles. The summed E-state index contributed by atoms with van der Waals surface area (Å²) >= 11 is 0. The van der Waals surface area contributed by atoms with E-state index < -0.39 is 9.84 Å². The Labute approximate surface area is 204 Å². The second-order valence-corrected chi connectivity index (χ2v) is 10.2. The zero-order valence-corrected chi connectivity index (χ0v) is 20.2. The largest absolute Gasteiger partial charge is 0.489 e. The average Bonchev–Trinajstić information content (AvgIpc) is 2.86. The molecule has 2 N–H and O–H groups in total. The molecule has 2 aromatic heterocycles. The van der Waals surface area contributed by atoms with Gasteiger partial charge in [-0.05, 0) is 29.8 Å². The minimum absolute atomic E-state index is 0.0910. The van der Waals surface area contributed by atoms with Gasteiger partial charge in [0.05, 0.1) is 17.5 Å². The van der Waals surface area contributed by atoms with Crippen LogP contribution in [0.3, 0.4) is 0 Å². The number of nitrogens with zero attached hydrogens (tertiary/aromatic N) is 3. The van der Waals surface area contributed by atoms with E-state index in [4.69, 9.17) is 9.47 Å². The maximum absolute atomic E-state index is 11.2. The third-order valence-corrected chi connectivity index (χ3v) is 5.99. The molecule has 0 aliphatic carbocycles. The Morgan fingerprint density at radius 3 is 2.49 bits per heavy atom. The van der Waals surface area contributed by atoms with E-state index in [2.05, 4.69) is 25.6 Å². The molecule has 182 valence electrons. The van der Waals surface area contributed by atoms with E-state index >= 15 is 0 Å². The average molecular weight is 494 g/mol. The van der Waals surface area contributed by atoms with Crippen LogP contribution >= 0.6 is 0 Å². The molecule has 0 amide bonds. The third kappa shape index (κ3) is 7.62. The minimum Gasteiger partial charge on any atom is -0.489 e. The summed E-state index contributed by atoms with van der Waals surface area (Å²) in [5.41, 5.74) is 2.65. The molecule has 0 unspecified atom stereocenters. The van der Waals surface area contributed by atoms with Gasteiger partial charge in [-0.25, -0.2) is 23.4 Å². The lowest BCUT2D eigenvalue weighted by molar-refractivity contribution is 0.304. The first-order valence-electron chi connectivity index (χ1n) is 11.1. The van der Waals surface area contributed by atoms with Gasteiger partial charge in [0.25, 0.3) is 0 Å². The first-order chi connectivity index (χ1) is 17.0. The van der Waals surface area contributed by atoms with Gasteiger partial charge in [0.1, 0.15) is 40.9 Å². The third-order valence-electron chi connectivity index (χ3n) is 5.04. The molecule has 0 saturated heterocycles. The van der Waals surface area contributed by atoms with E-state index in [1.807, 2.05) is 54.6 Å². The predicted octanol–water partition coefficient (Wildman–Crippen LogP) is 3.36. The Bertz CT molecular complexity index is 1350. The Hall–Kier alpha value is -3.76. The second-order valence-electron chi connectivity index (χ2n) is 7.91. The number of benzene rings is 2. The van der Waals surface area contributed by atoms with E-state index in [1.54, 1.807) is 12.3 Å². The number of pyridine rings is 1. The van der Waals surface area contributed by atoms with Crippen LogP contribution in [-0.4, -0.2) is 55.1 Å². The molecule has 0 atom stereocenters. The molecule has 0 fully saturated rings. The molecule has 0 bridgehead atoms. The van der Waals surface area contributed by atoms with E-state index in [0.29, 0.717) is 43.5 Å². The molecular weight excluding hydrogens is 466 g/mol. The second kappa shape index (κ2) is 11.6. The first kappa shape index (κ1) is 24.4. The van der Waals surface area contributed by atoms with Crippen molar-refractivity contribution < 1.29 is 17.9 Å². The van der Waals surface area contributed by atoms with Gasteiger partial charge in [0, 0.05) is 36.5 Å². The van der Waals surface area contributed by atoms with Crippen LogP contribution in [0.15, 0.2) is 73.2 Å². The van der Waals surface area contributed by atoms with Gasteiger partial charge in [-0.3, -0.25) is 0 Å². The van der Waals surface area contributed by atoms with E-state index in [9.17, 15) is 8.42 Å². The SMILES string of the molecule is CS(=O)(=O)CCNCCOc1cc2c(Nc3ccc(OCc4ccccc4)cc3)ncnc2cn1. The monoisotopic (exact) mass is 493 g/mol. The molecule has 4 aromatic rings. The summed E-state index contributed by atoms with van der Waals surface area (Å²) in [6.07, 6.45) is 4.33. The molecule has 0 aliphatic heterocycles. The van der Waals surface area contributed by atoms with Crippen LogP contribution in [0, 0.1) is 0 Å². The van der Waals surface area contributed by atoms with Crippen molar-refractivity contribution in [3.63, 3.8) is 0 Å². The van der Waals surface area contributed by atoms with Crippen molar-refractivity contribution in [3.05, 3.63) is 78.8 Å². The van der Waals surface area contributed by atoms with E-state index in [-0.39, 0.29) is 5.75 Å². The lowest BCUT2D eigenvalue weighted by Gasteiger charge is -2.11. The lowest BCUT2D eigenvalue weighted by atomic mass is 10.2. The fourth-order valence-electron chi connectivity index (χ4n) is 3.24. The molecule has 10 heteroatoms. The summed E-state index contributed by atoms with van der Waals surface area (Å²) in [4.78, 5) is 12.9. The molecule has 35 heavy (non-hydrogen) atoms. The van der Waals surface area contributed by atoms with Gasteiger partial charge < -0.3 is 20.1 Å². The lowest BCUT2D eigenvalue weighted by Crippen LogP contribution is -2.26. The number of sulfone groups is 1. The minimum atomic E-state index is -2.98. The summed E-state index contributed by atoms with van der Waals surface area (Å²) in [6, 6.07) is 19.5. The Morgan fingerprint density at radius 2 is 1.71 bits per heavy atom. The number of rotatable bonds is 12. The molecular formula is C25H27N5O4S. The fourth-order valence-corrected chi connectivity index (χ4v) is 3.76. The van der Waals surface area contributed by atoms with E-state index in [0.717, 1.165) is 22.4 Å². The number of fused-ring (bicyclic) bond motifs is 1. The van der Waals surface area contributed by atoms with Gasteiger partial charge in [0.2, 0.25) is 5.88 Å². The number of aromatic nitrogens is 3. The van der Waals surface area contributed by atoms with Crippen molar-refractivity contribution in [3.8, 4) is 11.6 Å². The van der Waals surface area contributed by atoms with Crippen LogP contribution in [-0.2, 0) is 16.4 Å². The van der Waals surface area contributed by atoms with Crippen LogP contribution in [0.25, 0.3) is 10.9 Å². The summed E-state index contributed by atoms with van der Waals surface area (Å²) < 4.78 is 33.9. The Morgan fingerprint density at radius 1 is 0.914 bits per heavy atom. The number of nitrogens with one attached hydrogen (secondary N) is 2. The molecule has 4 rings (SSSR count). The normalized spacial score (nSPS) is 11.3. The zero-order valence-electron chi connectivity index (χ0n) is 19.3. The summed E-state index contributed by atoms with van der Waals surface area (Å²) in [6.45, 7) is 1.74. The highest BCUT2D eigenvalue weighted by molar-refractivity contribution is 7.90. The van der Waals surface area contributed by atoms with Gasteiger partial charge >= 0.3 is 0 Å². The highest BCUT2D eigenvalue weighted by atomic mass is 32.2. The number of hydrogen-bond donors (Lipinski definition) is 2. The summed E-state index contributed by atoms with van der Waals surface area (Å²) in [5, 5.41) is 7.12. The zero-order chi connectivity index (χ0) is 24.5. The first-order valence-corrected chi connectivity index (χ1v) is 13.2. The molecule has 0 spiro atoms. The van der Waals surface area contributed by atoms with Crippen molar-refractivity contribution in [2.75, 3.05) is 37.0 Å². The van der Waals surface area contributed by atoms with Crippen molar-refractivity contribution in [2.24, 2.45) is 0 Å². The fraction of sp³-hybridized carbons (Fsp3) is 0.240. The van der Waals surface area contributed by atoms with Crippen molar-refractivity contribution >= 4 is 32.2 Å². The quantitative estimate of drug-likeness (QED) is 0.287. The Kier molecular flexibility index (Phi) is 8.07. The van der Waals surface area contributed by atoms with Crippen LogP contribution in [0.1, 0.15) is 5.56 Å². The van der Waals surface area contributed by atoms with Gasteiger partial charge in [0.15, 0.2) is 0 Å². The van der Waals surface area contributed by atoms with Crippen LogP contribution < -0.4 is 20.1 Å². The maximum atomic E-state index is 11.2. The van der Waals surface area contributed by atoms with Crippen LogP contribution in [0.2, 0.25) is 0 Å². The molecule has 0 radical (unpaired) electrons. The van der Waals surface area contributed by atoms with Crippen molar-refractivity contribution in [2.45, 2.75) is 6.61 Å². The van der Waals surface area contributed by atoms with Gasteiger partial charge in [-0.1, -0.05) is 30.3 Å². The van der Waals surface area contributed by atoms with Gasteiger partial charge in [-0.15, -0.1) is 0 Å². The topological polar surface area (TPSA) is 115 Å².